The van der Waals surface area contributed by atoms with E-state index >= 15 is 0 Å². The van der Waals surface area contributed by atoms with Crippen molar-refractivity contribution in [1.82, 2.24) is 20.2 Å². The van der Waals surface area contributed by atoms with Crippen LogP contribution in [-0.4, -0.2) is 20.2 Å². The van der Waals surface area contributed by atoms with E-state index in [2.05, 4.69) is 35.4 Å². The van der Waals surface area contributed by atoms with Gasteiger partial charge in [0, 0.05) is 11.3 Å². The average Bonchev–Trinajstić information content (AvgIpc) is 2.84. The molecule has 2 unspecified atom stereocenters. The van der Waals surface area contributed by atoms with E-state index in [1.54, 1.807) is 0 Å². The Bertz CT molecular complexity index is 619. The fourth-order valence-electron chi connectivity index (χ4n) is 3.19. The maximum absolute atomic E-state index is 6.12. The van der Waals surface area contributed by atoms with E-state index in [0.29, 0.717) is 6.04 Å². The molecule has 1 aromatic heterocycles. The lowest BCUT2D eigenvalue weighted by atomic mass is 10.0. The molecule has 0 saturated heterocycles. The molecule has 1 fully saturated rings. The molecule has 0 bridgehead atoms. The molecule has 0 radical (unpaired) electrons. The lowest BCUT2D eigenvalue weighted by Gasteiger charge is -2.16. The lowest BCUT2D eigenvalue weighted by molar-refractivity contribution is 0.394. The molecule has 1 heterocycles. The van der Waals surface area contributed by atoms with Crippen molar-refractivity contribution in [2.75, 3.05) is 5.73 Å². The Morgan fingerprint density at radius 3 is 2.90 bits per heavy atom. The first-order valence-electron chi connectivity index (χ1n) is 7.79. The van der Waals surface area contributed by atoms with Crippen molar-refractivity contribution in [3.05, 3.63) is 23.8 Å². The van der Waals surface area contributed by atoms with Crippen molar-refractivity contribution < 1.29 is 0 Å². The standard InChI is InChI=1S/C16H23N5/c1-11-4-3-5-13(8-6-11)21-16(18-19-20-21)14-10-12(2)7-9-15(14)17/h7,9-11,13H,3-6,8,17H2,1-2H3. The average molecular weight is 285 g/mol. The lowest BCUT2D eigenvalue weighted by Crippen LogP contribution is -2.12. The molecule has 1 aliphatic carbocycles. The molecule has 2 N–H and O–H groups in total. The largest absolute Gasteiger partial charge is 0.398 e. The Labute approximate surface area is 125 Å². The van der Waals surface area contributed by atoms with E-state index in [9.17, 15) is 0 Å². The second-order valence-corrected chi connectivity index (χ2v) is 6.31. The van der Waals surface area contributed by atoms with Crippen LogP contribution >= 0.6 is 0 Å². The Kier molecular flexibility index (Phi) is 3.90. The Hall–Kier alpha value is -1.91. The molecule has 2 atom stereocenters. The minimum absolute atomic E-state index is 0.389. The summed E-state index contributed by atoms with van der Waals surface area (Å²) in [5, 5.41) is 12.4. The number of nitrogens with zero attached hydrogens (tertiary/aromatic N) is 4. The van der Waals surface area contributed by atoms with Crippen molar-refractivity contribution >= 4 is 5.69 Å². The number of rotatable bonds is 2. The quantitative estimate of drug-likeness (QED) is 0.678. The van der Waals surface area contributed by atoms with Gasteiger partial charge >= 0.3 is 0 Å². The van der Waals surface area contributed by atoms with Gasteiger partial charge in [0.1, 0.15) is 0 Å². The first kappa shape index (κ1) is 14.0. The highest BCUT2D eigenvalue weighted by Crippen LogP contribution is 2.33. The summed E-state index contributed by atoms with van der Waals surface area (Å²) in [6, 6.07) is 6.40. The number of anilines is 1. The van der Waals surface area contributed by atoms with Crippen LogP contribution in [0.5, 0.6) is 0 Å². The summed E-state index contributed by atoms with van der Waals surface area (Å²) in [4.78, 5) is 0. The molecule has 0 amide bonds. The van der Waals surface area contributed by atoms with E-state index in [1.807, 2.05) is 16.8 Å². The molecule has 3 rings (SSSR count). The molecule has 0 spiro atoms. The summed E-state index contributed by atoms with van der Waals surface area (Å²) in [6.07, 6.45) is 6.08. The normalized spacial score (nSPS) is 23.0. The maximum Gasteiger partial charge on any atom is 0.184 e. The number of nitrogen functional groups attached to an aromatic ring is 1. The summed E-state index contributed by atoms with van der Waals surface area (Å²) in [5.74, 6) is 1.61. The van der Waals surface area contributed by atoms with Crippen LogP contribution in [0.3, 0.4) is 0 Å². The number of aryl methyl sites for hydroxylation is 1. The zero-order valence-electron chi connectivity index (χ0n) is 12.8. The second kappa shape index (κ2) is 5.84. The van der Waals surface area contributed by atoms with Crippen molar-refractivity contribution in [2.45, 2.75) is 52.0 Å². The molecular weight excluding hydrogens is 262 g/mol. The zero-order valence-corrected chi connectivity index (χ0v) is 12.8. The molecule has 1 aliphatic rings. The predicted molar refractivity (Wildman–Crippen MR) is 83.7 cm³/mol. The van der Waals surface area contributed by atoms with Gasteiger partial charge in [-0.25, -0.2) is 4.68 Å². The van der Waals surface area contributed by atoms with Crippen molar-refractivity contribution in [3.8, 4) is 11.4 Å². The number of hydrogen-bond donors (Lipinski definition) is 1. The number of tetrazole rings is 1. The van der Waals surface area contributed by atoms with Crippen molar-refractivity contribution in [2.24, 2.45) is 5.92 Å². The summed E-state index contributed by atoms with van der Waals surface area (Å²) in [5.41, 5.74) is 8.97. The highest BCUT2D eigenvalue weighted by atomic mass is 15.5. The van der Waals surface area contributed by atoms with E-state index in [-0.39, 0.29) is 0 Å². The van der Waals surface area contributed by atoms with E-state index in [0.717, 1.165) is 35.8 Å². The van der Waals surface area contributed by atoms with Gasteiger partial charge in [0.05, 0.1) is 6.04 Å². The van der Waals surface area contributed by atoms with Gasteiger partial charge in [-0.15, -0.1) is 5.10 Å². The van der Waals surface area contributed by atoms with Gasteiger partial charge < -0.3 is 5.73 Å². The van der Waals surface area contributed by atoms with E-state index in [1.165, 1.54) is 24.8 Å². The highest BCUT2D eigenvalue weighted by molar-refractivity contribution is 5.72. The summed E-state index contributed by atoms with van der Waals surface area (Å²) < 4.78 is 1.99. The first-order chi connectivity index (χ1) is 10.1. The molecule has 112 valence electrons. The summed E-state index contributed by atoms with van der Waals surface area (Å²) in [6.45, 7) is 4.39. The van der Waals surface area contributed by atoms with Crippen LogP contribution in [0.15, 0.2) is 18.2 Å². The van der Waals surface area contributed by atoms with Gasteiger partial charge in [-0.3, -0.25) is 0 Å². The summed E-state index contributed by atoms with van der Waals surface area (Å²) >= 11 is 0. The predicted octanol–water partition coefficient (Wildman–Crippen LogP) is 3.37. The third-order valence-electron chi connectivity index (χ3n) is 4.52. The van der Waals surface area contributed by atoms with Crippen LogP contribution in [0.1, 0.15) is 50.6 Å². The maximum atomic E-state index is 6.12. The van der Waals surface area contributed by atoms with Gasteiger partial charge in [0.2, 0.25) is 0 Å². The second-order valence-electron chi connectivity index (χ2n) is 6.31. The van der Waals surface area contributed by atoms with Crippen molar-refractivity contribution in [1.29, 1.82) is 0 Å². The topological polar surface area (TPSA) is 69.6 Å². The SMILES string of the molecule is Cc1ccc(N)c(-c2nnnn2C2CCCC(C)CC2)c1. The summed E-state index contributed by atoms with van der Waals surface area (Å²) in [7, 11) is 0. The van der Waals surface area contributed by atoms with Gasteiger partial charge in [0.15, 0.2) is 5.82 Å². The molecule has 0 aliphatic heterocycles. The Morgan fingerprint density at radius 1 is 1.19 bits per heavy atom. The third-order valence-corrected chi connectivity index (χ3v) is 4.52. The molecule has 5 nitrogen and oxygen atoms in total. The van der Waals surface area contributed by atoms with Gasteiger partial charge in [0.25, 0.3) is 0 Å². The minimum atomic E-state index is 0.389. The molecule has 5 heteroatoms. The monoisotopic (exact) mass is 285 g/mol. The van der Waals surface area contributed by atoms with E-state index in [4.69, 9.17) is 5.73 Å². The van der Waals surface area contributed by atoms with Crippen LogP contribution in [0.2, 0.25) is 0 Å². The smallest absolute Gasteiger partial charge is 0.184 e. The molecule has 2 aromatic rings. The first-order valence-corrected chi connectivity index (χ1v) is 7.79. The van der Waals surface area contributed by atoms with Gasteiger partial charge in [-0.2, -0.15) is 0 Å². The number of nitrogens with two attached hydrogens (primary N) is 1. The Balaban J connectivity index is 1.95. The fourth-order valence-corrected chi connectivity index (χ4v) is 3.19. The van der Waals surface area contributed by atoms with Gasteiger partial charge in [-0.05, 0) is 54.7 Å². The molecular formula is C16H23N5. The Morgan fingerprint density at radius 2 is 2.05 bits per heavy atom. The molecule has 1 saturated carbocycles. The van der Waals surface area contributed by atoms with Crippen LogP contribution < -0.4 is 5.73 Å². The third kappa shape index (κ3) is 2.91. The van der Waals surface area contributed by atoms with Crippen LogP contribution in [0.4, 0.5) is 5.69 Å². The minimum Gasteiger partial charge on any atom is -0.398 e. The number of hydrogen-bond acceptors (Lipinski definition) is 4. The van der Waals surface area contributed by atoms with E-state index < -0.39 is 0 Å². The molecule has 1 aromatic carbocycles. The number of aromatic nitrogens is 4. The van der Waals surface area contributed by atoms with Crippen molar-refractivity contribution in [3.63, 3.8) is 0 Å². The zero-order chi connectivity index (χ0) is 14.8. The fraction of sp³-hybridized carbons (Fsp3) is 0.562. The highest BCUT2D eigenvalue weighted by Gasteiger charge is 2.22. The van der Waals surface area contributed by atoms with Gasteiger partial charge in [-0.1, -0.05) is 31.4 Å². The number of benzene rings is 1. The van der Waals surface area contributed by atoms with Crippen LogP contribution in [-0.2, 0) is 0 Å². The van der Waals surface area contributed by atoms with Crippen LogP contribution in [0.25, 0.3) is 11.4 Å². The molecule has 21 heavy (non-hydrogen) atoms. The van der Waals surface area contributed by atoms with Crippen LogP contribution in [0, 0.1) is 12.8 Å².